The van der Waals surface area contributed by atoms with Crippen LogP contribution in [0.1, 0.15) is 64.2 Å². The van der Waals surface area contributed by atoms with Gasteiger partial charge in [0, 0.05) is 17.6 Å². The normalized spacial score (nSPS) is 25.8. The zero-order chi connectivity index (χ0) is 11.4. The van der Waals surface area contributed by atoms with Crippen LogP contribution in [0.5, 0.6) is 0 Å². The Morgan fingerprint density at radius 2 is 1.56 bits per heavy atom. The van der Waals surface area contributed by atoms with Crippen molar-refractivity contribution in [3.63, 3.8) is 0 Å². The van der Waals surface area contributed by atoms with Crippen LogP contribution in [0.4, 0.5) is 0 Å². The van der Waals surface area contributed by atoms with Crippen LogP contribution in [0.2, 0.25) is 0 Å². The first kappa shape index (κ1) is 12.5. The fourth-order valence-corrected chi connectivity index (χ4v) is 3.78. The molecular formula is C14H24OS. The first-order valence-corrected chi connectivity index (χ1v) is 7.50. The fraction of sp³-hybridized carbons (Fsp3) is 0.929. The second kappa shape index (κ2) is 6.09. The van der Waals surface area contributed by atoms with Gasteiger partial charge in [-0.25, -0.2) is 0 Å². The summed E-state index contributed by atoms with van der Waals surface area (Å²) in [6.45, 7) is 0. The lowest BCUT2D eigenvalue weighted by atomic mass is 9.84. The highest BCUT2D eigenvalue weighted by Gasteiger charge is 2.27. The van der Waals surface area contributed by atoms with Crippen LogP contribution in [0.25, 0.3) is 0 Å². The molecule has 1 atom stereocenters. The van der Waals surface area contributed by atoms with E-state index in [-0.39, 0.29) is 0 Å². The first-order valence-electron chi connectivity index (χ1n) is 6.98. The van der Waals surface area contributed by atoms with Gasteiger partial charge in [-0.05, 0) is 31.6 Å². The summed E-state index contributed by atoms with van der Waals surface area (Å²) < 4.78 is 0. The van der Waals surface area contributed by atoms with Gasteiger partial charge in [0.15, 0.2) is 0 Å². The summed E-state index contributed by atoms with van der Waals surface area (Å²) in [7, 11) is 0. The number of rotatable bonds is 4. The number of Topliss-reactive ketones (excluding diaryl/α,β-unsaturated/α-hetero) is 1. The van der Waals surface area contributed by atoms with E-state index in [4.69, 9.17) is 0 Å². The van der Waals surface area contributed by atoms with Crippen LogP contribution in [-0.2, 0) is 4.79 Å². The van der Waals surface area contributed by atoms with E-state index in [1.807, 2.05) is 0 Å². The molecule has 0 bridgehead atoms. The predicted octanol–water partition coefficient (Wildman–Crippen LogP) is 4.01. The number of hydrogen-bond acceptors (Lipinski definition) is 2. The second-order valence-electron chi connectivity index (χ2n) is 5.62. The van der Waals surface area contributed by atoms with Crippen LogP contribution in [-0.4, -0.2) is 11.0 Å². The highest BCUT2D eigenvalue weighted by atomic mass is 32.1. The molecule has 0 aromatic carbocycles. The lowest BCUT2D eigenvalue weighted by Crippen LogP contribution is -2.24. The zero-order valence-electron chi connectivity index (χ0n) is 10.2. The lowest BCUT2D eigenvalue weighted by Gasteiger charge is -2.27. The molecule has 2 aliphatic carbocycles. The highest BCUT2D eigenvalue weighted by Crippen LogP contribution is 2.33. The van der Waals surface area contributed by atoms with Crippen LogP contribution in [0.15, 0.2) is 0 Å². The summed E-state index contributed by atoms with van der Waals surface area (Å²) in [6.07, 6.45) is 12.2. The van der Waals surface area contributed by atoms with Crippen molar-refractivity contribution in [2.24, 2.45) is 11.8 Å². The Hall–Kier alpha value is 0.0200. The minimum atomic E-state index is 0.341. The molecule has 2 saturated carbocycles. The molecule has 0 aliphatic heterocycles. The Balaban J connectivity index is 1.76. The van der Waals surface area contributed by atoms with Crippen molar-refractivity contribution >= 4 is 18.4 Å². The summed E-state index contributed by atoms with van der Waals surface area (Å²) in [4.78, 5) is 12.0. The van der Waals surface area contributed by atoms with Crippen LogP contribution >= 0.6 is 12.6 Å². The smallest absolute Gasteiger partial charge is 0.137 e. The van der Waals surface area contributed by atoms with Gasteiger partial charge < -0.3 is 0 Å². The zero-order valence-corrected chi connectivity index (χ0v) is 11.1. The maximum absolute atomic E-state index is 12.0. The average molecular weight is 240 g/mol. The van der Waals surface area contributed by atoms with E-state index >= 15 is 0 Å². The van der Waals surface area contributed by atoms with Crippen molar-refractivity contribution in [3.8, 4) is 0 Å². The molecule has 2 rings (SSSR count). The Labute approximate surface area is 105 Å². The highest BCUT2D eigenvalue weighted by molar-refractivity contribution is 7.81. The Morgan fingerprint density at radius 3 is 2.19 bits per heavy atom. The van der Waals surface area contributed by atoms with Gasteiger partial charge >= 0.3 is 0 Å². The predicted molar refractivity (Wildman–Crippen MR) is 70.9 cm³/mol. The molecule has 2 aliphatic rings. The Kier molecular flexibility index (Phi) is 4.75. The molecule has 1 unspecified atom stereocenters. The summed E-state index contributed by atoms with van der Waals surface area (Å²) in [5.74, 6) is 1.60. The maximum Gasteiger partial charge on any atom is 0.137 e. The Morgan fingerprint density at radius 1 is 1.00 bits per heavy atom. The molecular weight excluding hydrogens is 216 g/mol. The van der Waals surface area contributed by atoms with Crippen molar-refractivity contribution in [1.29, 1.82) is 0 Å². The van der Waals surface area contributed by atoms with Crippen molar-refractivity contribution in [2.45, 2.75) is 69.5 Å². The second-order valence-corrected chi connectivity index (χ2v) is 6.28. The molecule has 0 N–H and O–H groups in total. The van der Waals surface area contributed by atoms with Gasteiger partial charge in [0.2, 0.25) is 0 Å². The SMILES string of the molecule is O=C(CC(S)C1CCCCC1)C1CCCC1. The van der Waals surface area contributed by atoms with Gasteiger partial charge in [0.25, 0.3) is 0 Å². The van der Waals surface area contributed by atoms with Gasteiger partial charge in [0.1, 0.15) is 5.78 Å². The van der Waals surface area contributed by atoms with Gasteiger partial charge in [0.05, 0.1) is 0 Å². The van der Waals surface area contributed by atoms with Gasteiger partial charge in [-0.15, -0.1) is 0 Å². The standard InChI is InChI=1S/C14H24OS/c15-13(11-6-4-5-7-11)10-14(16)12-8-2-1-3-9-12/h11-12,14,16H,1-10H2. The van der Waals surface area contributed by atoms with Crippen molar-refractivity contribution in [1.82, 2.24) is 0 Å². The molecule has 16 heavy (non-hydrogen) atoms. The van der Waals surface area contributed by atoms with E-state index < -0.39 is 0 Å². The fourth-order valence-electron chi connectivity index (χ4n) is 3.31. The molecule has 0 aromatic heterocycles. The molecule has 2 heteroatoms. The number of hydrogen-bond donors (Lipinski definition) is 1. The number of carbonyl (C=O) groups excluding carboxylic acids is 1. The Bertz CT molecular complexity index is 227. The topological polar surface area (TPSA) is 17.1 Å². The molecule has 0 aromatic rings. The third-order valence-corrected chi connectivity index (χ3v) is 5.02. The molecule has 92 valence electrons. The summed E-state index contributed by atoms with van der Waals surface area (Å²) in [5.41, 5.74) is 0. The summed E-state index contributed by atoms with van der Waals surface area (Å²) >= 11 is 4.68. The molecule has 1 nitrogen and oxygen atoms in total. The number of ketones is 1. The molecule has 0 radical (unpaired) electrons. The molecule has 0 amide bonds. The van der Waals surface area contributed by atoms with E-state index in [0.29, 0.717) is 22.9 Å². The first-order chi connectivity index (χ1) is 7.77. The molecule has 0 spiro atoms. The molecule has 0 heterocycles. The molecule has 0 saturated heterocycles. The van der Waals surface area contributed by atoms with E-state index in [0.717, 1.165) is 19.3 Å². The van der Waals surface area contributed by atoms with Gasteiger partial charge in [-0.3, -0.25) is 4.79 Å². The maximum atomic E-state index is 12.0. The van der Waals surface area contributed by atoms with Crippen LogP contribution < -0.4 is 0 Å². The monoisotopic (exact) mass is 240 g/mol. The van der Waals surface area contributed by atoms with E-state index in [9.17, 15) is 4.79 Å². The van der Waals surface area contributed by atoms with Crippen LogP contribution in [0, 0.1) is 11.8 Å². The van der Waals surface area contributed by atoms with Crippen LogP contribution in [0.3, 0.4) is 0 Å². The minimum absolute atomic E-state index is 0.341. The van der Waals surface area contributed by atoms with E-state index in [1.165, 1.54) is 44.9 Å². The average Bonchev–Trinajstić information content (AvgIpc) is 2.83. The van der Waals surface area contributed by atoms with E-state index in [2.05, 4.69) is 12.6 Å². The number of carbonyl (C=O) groups is 1. The lowest BCUT2D eigenvalue weighted by molar-refractivity contribution is -0.122. The van der Waals surface area contributed by atoms with Crippen molar-refractivity contribution < 1.29 is 4.79 Å². The largest absolute Gasteiger partial charge is 0.299 e. The minimum Gasteiger partial charge on any atom is -0.299 e. The quantitative estimate of drug-likeness (QED) is 0.735. The van der Waals surface area contributed by atoms with Crippen molar-refractivity contribution in [3.05, 3.63) is 0 Å². The van der Waals surface area contributed by atoms with Gasteiger partial charge in [-0.1, -0.05) is 32.1 Å². The van der Waals surface area contributed by atoms with E-state index in [1.54, 1.807) is 0 Å². The summed E-state index contributed by atoms with van der Waals surface area (Å²) in [5, 5.41) is 0.341. The van der Waals surface area contributed by atoms with Crippen molar-refractivity contribution in [2.75, 3.05) is 0 Å². The third-order valence-electron chi connectivity index (χ3n) is 4.41. The third kappa shape index (κ3) is 3.26. The molecule has 2 fully saturated rings. The summed E-state index contributed by atoms with van der Waals surface area (Å²) in [6, 6.07) is 0. The number of thiol groups is 1. The van der Waals surface area contributed by atoms with Gasteiger partial charge in [-0.2, -0.15) is 12.6 Å².